The van der Waals surface area contributed by atoms with Crippen LogP contribution in [0.1, 0.15) is 17.7 Å². The van der Waals surface area contributed by atoms with Crippen molar-refractivity contribution in [3.05, 3.63) is 22.4 Å². The van der Waals surface area contributed by atoms with Crippen LogP contribution in [0.5, 0.6) is 0 Å². The smallest absolute Gasteiger partial charge is 0.0900 e. The summed E-state index contributed by atoms with van der Waals surface area (Å²) in [5, 5.41) is 12.7. The van der Waals surface area contributed by atoms with Crippen molar-refractivity contribution in [3.8, 4) is 0 Å². The van der Waals surface area contributed by atoms with Crippen molar-refractivity contribution in [3.63, 3.8) is 0 Å². The molecule has 1 fully saturated rings. The highest BCUT2D eigenvalue weighted by molar-refractivity contribution is 7.09. The first-order valence-electron chi connectivity index (χ1n) is 6.19. The number of piperidine rings is 1. The Labute approximate surface area is 108 Å². The van der Waals surface area contributed by atoms with E-state index in [0.29, 0.717) is 0 Å². The molecule has 1 aliphatic heterocycles. The van der Waals surface area contributed by atoms with Crippen molar-refractivity contribution in [1.29, 1.82) is 0 Å². The highest BCUT2D eigenvalue weighted by Crippen LogP contribution is 2.22. The van der Waals surface area contributed by atoms with Gasteiger partial charge >= 0.3 is 0 Å². The van der Waals surface area contributed by atoms with Crippen molar-refractivity contribution >= 4 is 11.3 Å². The van der Waals surface area contributed by atoms with Crippen molar-refractivity contribution in [1.82, 2.24) is 9.80 Å². The molecular weight excluding hydrogens is 232 g/mol. The molecule has 3 nitrogen and oxygen atoms in total. The number of rotatable bonds is 4. The van der Waals surface area contributed by atoms with Crippen LogP contribution in [-0.4, -0.2) is 54.2 Å². The Morgan fingerprint density at radius 1 is 1.59 bits per heavy atom. The van der Waals surface area contributed by atoms with Crippen molar-refractivity contribution in [2.24, 2.45) is 0 Å². The minimum atomic E-state index is -0.529. The third-order valence-corrected chi connectivity index (χ3v) is 4.18. The summed E-state index contributed by atoms with van der Waals surface area (Å²) in [6.07, 6.45) is 2.02. The molecule has 0 unspecified atom stereocenters. The maximum Gasteiger partial charge on any atom is 0.0900 e. The fourth-order valence-electron chi connectivity index (χ4n) is 2.69. The molecular formula is C13H22N2OS. The molecule has 0 saturated carbocycles. The summed E-state index contributed by atoms with van der Waals surface area (Å²) in [5.74, 6) is 0. The lowest BCUT2D eigenvalue weighted by atomic mass is 9.92. The topological polar surface area (TPSA) is 26.7 Å². The minimum absolute atomic E-state index is 0.529. The number of thiophene rings is 1. The van der Waals surface area contributed by atoms with E-state index in [9.17, 15) is 5.11 Å². The van der Waals surface area contributed by atoms with E-state index in [-0.39, 0.29) is 0 Å². The summed E-state index contributed by atoms with van der Waals surface area (Å²) in [6, 6.07) is 4.23. The van der Waals surface area contributed by atoms with Gasteiger partial charge in [0.25, 0.3) is 0 Å². The maximum atomic E-state index is 10.6. The van der Waals surface area contributed by atoms with E-state index in [1.165, 1.54) is 4.88 Å². The van der Waals surface area contributed by atoms with Gasteiger partial charge in [-0.1, -0.05) is 6.07 Å². The molecule has 0 spiro atoms. The van der Waals surface area contributed by atoms with Crippen molar-refractivity contribution in [2.45, 2.75) is 25.0 Å². The lowest BCUT2D eigenvalue weighted by Crippen LogP contribution is -2.52. The van der Waals surface area contributed by atoms with Crippen LogP contribution in [-0.2, 0) is 6.54 Å². The van der Waals surface area contributed by atoms with E-state index in [2.05, 4.69) is 41.4 Å². The molecule has 1 aromatic heterocycles. The SMILES string of the molecule is CN1CCC[C@](O)(CN(C)Cc2cccs2)C1. The molecule has 1 aliphatic rings. The standard InChI is InChI=1S/C13H22N2OS/c1-14-7-4-6-13(16,10-14)11-15(2)9-12-5-3-8-17-12/h3,5,8,16H,4,6-7,9-11H2,1-2H3/t13-/m1/s1. The molecule has 1 N–H and O–H groups in total. The van der Waals surface area contributed by atoms with Crippen LogP contribution in [0.4, 0.5) is 0 Å². The first-order valence-corrected chi connectivity index (χ1v) is 7.07. The molecule has 2 rings (SSSR count). The molecule has 0 amide bonds. The molecule has 0 aliphatic carbocycles. The summed E-state index contributed by atoms with van der Waals surface area (Å²) >= 11 is 1.78. The minimum Gasteiger partial charge on any atom is -0.387 e. The fourth-order valence-corrected chi connectivity index (χ4v) is 3.48. The molecule has 1 aromatic rings. The second-order valence-electron chi connectivity index (χ2n) is 5.32. The lowest BCUT2D eigenvalue weighted by Gasteiger charge is -2.39. The first kappa shape index (κ1) is 13.0. The van der Waals surface area contributed by atoms with E-state index >= 15 is 0 Å². The summed E-state index contributed by atoms with van der Waals surface area (Å²) < 4.78 is 0. The Morgan fingerprint density at radius 2 is 2.41 bits per heavy atom. The van der Waals surface area contributed by atoms with Crippen molar-refractivity contribution in [2.75, 3.05) is 33.7 Å². The normalized spacial score (nSPS) is 26.6. The van der Waals surface area contributed by atoms with Gasteiger partial charge in [0.15, 0.2) is 0 Å². The summed E-state index contributed by atoms with van der Waals surface area (Å²) in [6.45, 7) is 3.59. The molecule has 0 aromatic carbocycles. The van der Waals surface area contributed by atoms with Gasteiger partial charge in [-0.2, -0.15) is 0 Å². The van der Waals surface area contributed by atoms with Gasteiger partial charge < -0.3 is 10.0 Å². The zero-order chi connectivity index (χ0) is 12.3. The van der Waals surface area contributed by atoms with Gasteiger partial charge in [-0.15, -0.1) is 11.3 Å². The van der Waals surface area contributed by atoms with Crippen LogP contribution in [0.3, 0.4) is 0 Å². The highest BCUT2D eigenvalue weighted by Gasteiger charge is 2.32. The number of aliphatic hydroxyl groups is 1. The Morgan fingerprint density at radius 3 is 3.06 bits per heavy atom. The van der Waals surface area contributed by atoms with Gasteiger partial charge in [-0.25, -0.2) is 0 Å². The number of hydrogen-bond donors (Lipinski definition) is 1. The maximum absolute atomic E-state index is 10.6. The van der Waals surface area contributed by atoms with Gasteiger partial charge in [0.2, 0.25) is 0 Å². The highest BCUT2D eigenvalue weighted by atomic mass is 32.1. The third-order valence-electron chi connectivity index (χ3n) is 3.32. The second-order valence-corrected chi connectivity index (χ2v) is 6.35. The van der Waals surface area contributed by atoms with Gasteiger partial charge in [0.05, 0.1) is 5.60 Å². The van der Waals surface area contributed by atoms with E-state index < -0.39 is 5.60 Å². The number of nitrogens with zero attached hydrogens (tertiary/aromatic N) is 2. The predicted molar refractivity (Wildman–Crippen MR) is 72.3 cm³/mol. The molecule has 96 valence electrons. The first-order chi connectivity index (χ1) is 8.07. The van der Waals surface area contributed by atoms with E-state index in [1.54, 1.807) is 11.3 Å². The number of likely N-dealkylation sites (N-methyl/N-ethyl adjacent to an activating group) is 2. The third kappa shape index (κ3) is 3.78. The van der Waals surface area contributed by atoms with Crippen LogP contribution < -0.4 is 0 Å². The summed E-state index contributed by atoms with van der Waals surface area (Å²) in [7, 11) is 4.18. The van der Waals surface area contributed by atoms with Crippen LogP contribution in [0.25, 0.3) is 0 Å². The second kappa shape index (κ2) is 5.48. The number of likely N-dealkylation sites (tertiary alicyclic amines) is 1. The molecule has 4 heteroatoms. The van der Waals surface area contributed by atoms with Gasteiger partial charge in [-0.3, -0.25) is 4.90 Å². The lowest BCUT2D eigenvalue weighted by molar-refractivity contribution is -0.0439. The Bertz CT molecular complexity index is 341. The van der Waals surface area contributed by atoms with E-state index in [4.69, 9.17) is 0 Å². The number of hydrogen-bond acceptors (Lipinski definition) is 4. The summed E-state index contributed by atoms with van der Waals surface area (Å²) in [4.78, 5) is 5.81. The molecule has 0 bridgehead atoms. The van der Waals surface area contributed by atoms with Crippen molar-refractivity contribution < 1.29 is 5.11 Å². The van der Waals surface area contributed by atoms with Crippen LogP contribution >= 0.6 is 11.3 Å². The summed E-state index contributed by atoms with van der Waals surface area (Å²) in [5.41, 5.74) is -0.529. The Hall–Kier alpha value is -0.420. The van der Waals surface area contributed by atoms with E-state index in [1.807, 2.05) is 0 Å². The van der Waals surface area contributed by atoms with Crippen LogP contribution in [0.2, 0.25) is 0 Å². The predicted octanol–water partition coefficient (Wildman–Crippen LogP) is 1.64. The largest absolute Gasteiger partial charge is 0.387 e. The average molecular weight is 254 g/mol. The number of β-amino-alcohol motifs (C(OH)–C–C–N with tert-alkyl or cyclic N) is 1. The fraction of sp³-hybridized carbons (Fsp3) is 0.692. The molecule has 17 heavy (non-hydrogen) atoms. The van der Waals surface area contributed by atoms with Gasteiger partial charge in [0.1, 0.15) is 0 Å². The molecule has 1 saturated heterocycles. The molecule has 1 atom stereocenters. The zero-order valence-electron chi connectivity index (χ0n) is 10.7. The van der Waals surface area contributed by atoms with Gasteiger partial charge in [0, 0.05) is 24.5 Å². The Balaban J connectivity index is 1.86. The average Bonchev–Trinajstić information content (AvgIpc) is 2.68. The monoisotopic (exact) mass is 254 g/mol. The van der Waals surface area contributed by atoms with Crippen LogP contribution in [0, 0.1) is 0 Å². The molecule has 0 radical (unpaired) electrons. The quantitative estimate of drug-likeness (QED) is 0.885. The van der Waals surface area contributed by atoms with Gasteiger partial charge in [-0.05, 0) is 44.9 Å². The van der Waals surface area contributed by atoms with E-state index in [0.717, 1.165) is 39.0 Å². The Kier molecular flexibility index (Phi) is 4.20. The zero-order valence-corrected chi connectivity index (χ0v) is 11.5. The molecule has 2 heterocycles. The van der Waals surface area contributed by atoms with Crippen LogP contribution in [0.15, 0.2) is 17.5 Å².